The molecule has 2 fully saturated rings. The lowest BCUT2D eigenvalue weighted by Crippen LogP contribution is -2.46. The van der Waals surface area contributed by atoms with Gasteiger partial charge in [-0.3, -0.25) is 0 Å². The van der Waals surface area contributed by atoms with Crippen LogP contribution in [-0.2, 0) is 4.74 Å². The molecule has 2 rings (SSSR count). The summed E-state index contributed by atoms with van der Waals surface area (Å²) >= 11 is 0. The van der Waals surface area contributed by atoms with E-state index in [1.807, 2.05) is 0 Å². The van der Waals surface area contributed by atoms with Gasteiger partial charge in [-0.25, -0.2) is 0 Å². The van der Waals surface area contributed by atoms with Gasteiger partial charge in [-0.15, -0.1) is 0 Å². The third kappa shape index (κ3) is 2.78. The minimum atomic E-state index is 0.406. The highest BCUT2D eigenvalue weighted by atomic mass is 16.5. The van der Waals surface area contributed by atoms with E-state index in [4.69, 9.17) is 10.5 Å². The van der Waals surface area contributed by atoms with Crippen molar-refractivity contribution in [3.05, 3.63) is 0 Å². The van der Waals surface area contributed by atoms with E-state index in [2.05, 4.69) is 20.8 Å². The van der Waals surface area contributed by atoms with E-state index >= 15 is 0 Å². The van der Waals surface area contributed by atoms with Crippen molar-refractivity contribution in [1.82, 2.24) is 0 Å². The van der Waals surface area contributed by atoms with Crippen LogP contribution in [0.15, 0.2) is 0 Å². The zero-order chi connectivity index (χ0) is 11.7. The molecule has 0 aromatic carbocycles. The van der Waals surface area contributed by atoms with E-state index < -0.39 is 0 Å². The summed E-state index contributed by atoms with van der Waals surface area (Å²) in [6.45, 7) is 7.03. The van der Waals surface area contributed by atoms with E-state index in [0.29, 0.717) is 18.2 Å². The highest BCUT2D eigenvalue weighted by Crippen LogP contribution is 2.37. The van der Waals surface area contributed by atoms with Gasteiger partial charge in [0.2, 0.25) is 0 Å². The quantitative estimate of drug-likeness (QED) is 0.801. The molecule has 0 bridgehead atoms. The Morgan fingerprint density at radius 1 is 1.12 bits per heavy atom. The first-order chi connectivity index (χ1) is 7.56. The van der Waals surface area contributed by atoms with Crippen LogP contribution in [0.1, 0.15) is 52.9 Å². The summed E-state index contributed by atoms with van der Waals surface area (Å²) < 4.78 is 6.26. The maximum atomic E-state index is 6.26. The largest absolute Gasteiger partial charge is 0.375 e. The molecule has 2 aliphatic rings. The molecule has 16 heavy (non-hydrogen) atoms. The summed E-state index contributed by atoms with van der Waals surface area (Å²) in [5, 5.41) is 0. The first-order valence-electron chi connectivity index (χ1n) is 6.97. The summed E-state index contributed by atoms with van der Waals surface area (Å²) in [5.74, 6) is 2.37. The molecule has 0 aromatic rings. The van der Waals surface area contributed by atoms with E-state index in [9.17, 15) is 0 Å². The highest BCUT2D eigenvalue weighted by Gasteiger charge is 2.36. The molecule has 0 aromatic heterocycles. The molecule has 0 amide bonds. The van der Waals surface area contributed by atoms with Crippen LogP contribution in [0.3, 0.4) is 0 Å². The minimum Gasteiger partial charge on any atom is -0.375 e. The van der Waals surface area contributed by atoms with Crippen molar-refractivity contribution in [3.8, 4) is 0 Å². The van der Waals surface area contributed by atoms with E-state index in [-0.39, 0.29) is 0 Å². The summed E-state index contributed by atoms with van der Waals surface area (Å²) in [7, 11) is 0. The molecule has 2 N–H and O–H groups in total. The molecule has 2 heteroatoms. The first-order valence-corrected chi connectivity index (χ1v) is 6.97. The third-order valence-electron chi connectivity index (χ3n) is 4.46. The molecular weight excluding hydrogens is 198 g/mol. The topological polar surface area (TPSA) is 35.2 Å². The Morgan fingerprint density at radius 3 is 2.38 bits per heavy atom. The van der Waals surface area contributed by atoms with Crippen LogP contribution in [0.5, 0.6) is 0 Å². The highest BCUT2D eigenvalue weighted by molar-refractivity contribution is 4.87. The summed E-state index contributed by atoms with van der Waals surface area (Å²) in [6, 6.07) is 0.406. The van der Waals surface area contributed by atoms with Gasteiger partial charge >= 0.3 is 0 Å². The van der Waals surface area contributed by atoms with Gasteiger partial charge in [0.25, 0.3) is 0 Å². The van der Waals surface area contributed by atoms with E-state index in [1.54, 1.807) is 0 Å². The molecule has 0 saturated heterocycles. The van der Waals surface area contributed by atoms with Crippen molar-refractivity contribution in [2.24, 2.45) is 23.5 Å². The number of ether oxygens (including phenoxy) is 1. The van der Waals surface area contributed by atoms with Crippen LogP contribution in [0, 0.1) is 17.8 Å². The van der Waals surface area contributed by atoms with E-state index in [1.165, 1.54) is 19.3 Å². The molecule has 3 atom stereocenters. The summed E-state index contributed by atoms with van der Waals surface area (Å²) in [5.41, 5.74) is 5.82. The van der Waals surface area contributed by atoms with Crippen LogP contribution in [0.4, 0.5) is 0 Å². The third-order valence-corrected chi connectivity index (χ3v) is 4.46. The van der Waals surface area contributed by atoms with Gasteiger partial charge in [0.05, 0.1) is 12.2 Å². The van der Waals surface area contributed by atoms with Gasteiger partial charge in [0.1, 0.15) is 0 Å². The lowest BCUT2D eigenvalue weighted by Gasteiger charge is -2.42. The number of nitrogens with two attached hydrogens (primary N) is 1. The van der Waals surface area contributed by atoms with Crippen molar-refractivity contribution >= 4 is 0 Å². The minimum absolute atomic E-state index is 0.406. The van der Waals surface area contributed by atoms with Gasteiger partial charge in [-0.2, -0.15) is 0 Å². The average Bonchev–Trinajstić information content (AvgIpc) is 2.15. The fraction of sp³-hybridized carbons (Fsp3) is 1.00. The Hall–Kier alpha value is -0.0800. The van der Waals surface area contributed by atoms with Gasteiger partial charge < -0.3 is 10.5 Å². The summed E-state index contributed by atoms with van der Waals surface area (Å²) in [6.07, 6.45) is 7.11. The normalized spacial score (nSPS) is 44.4. The molecule has 0 radical (unpaired) electrons. The lowest BCUT2D eigenvalue weighted by atomic mass is 9.75. The van der Waals surface area contributed by atoms with Crippen LogP contribution >= 0.6 is 0 Å². The second kappa shape index (κ2) is 5.05. The number of hydrogen-bond acceptors (Lipinski definition) is 2. The van der Waals surface area contributed by atoms with Gasteiger partial charge in [-0.05, 0) is 43.4 Å². The maximum absolute atomic E-state index is 6.26. The lowest BCUT2D eigenvalue weighted by molar-refractivity contribution is -0.110. The second-order valence-electron chi connectivity index (χ2n) is 6.35. The van der Waals surface area contributed by atoms with Crippen LogP contribution in [-0.4, -0.2) is 18.2 Å². The SMILES string of the molecule is CC1CCC(C(C)C)C(OC2CC(N)C2)C1. The Morgan fingerprint density at radius 2 is 1.81 bits per heavy atom. The zero-order valence-electron chi connectivity index (χ0n) is 11.0. The first kappa shape index (κ1) is 12.4. The Balaban J connectivity index is 1.87. The standard InChI is InChI=1S/C14H27NO/c1-9(2)13-5-4-10(3)6-14(13)16-12-7-11(15)8-12/h9-14H,4-8,15H2,1-3H3. The van der Waals surface area contributed by atoms with Crippen LogP contribution in [0.25, 0.3) is 0 Å². The van der Waals surface area contributed by atoms with Crippen molar-refractivity contribution in [3.63, 3.8) is 0 Å². The molecule has 2 saturated carbocycles. The van der Waals surface area contributed by atoms with Gasteiger partial charge in [0, 0.05) is 6.04 Å². The van der Waals surface area contributed by atoms with Crippen molar-refractivity contribution in [2.75, 3.05) is 0 Å². The molecule has 3 unspecified atom stereocenters. The fourth-order valence-corrected chi connectivity index (χ4v) is 3.24. The molecular formula is C14H27NO. The average molecular weight is 225 g/mol. The maximum Gasteiger partial charge on any atom is 0.0612 e. The molecule has 2 aliphatic carbocycles. The van der Waals surface area contributed by atoms with Crippen LogP contribution in [0.2, 0.25) is 0 Å². The van der Waals surface area contributed by atoms with Crippen molar-refractivity contribution < 1.29 is 4.74 Å². The molecule has 2 nitrogen and oxygen atoms in total. The van der Waals surface area contributed by atoms with Crippen molar-refractivity contribution in [2.45, 2.75) is 71.1 Å². The zero-order valence-corrected chi connectivity index (χ0v) is 11.0. The molecule has 94 valence electrons. The Labute approximate surface area is 99.9 Å². The van der Waals surface area contributed by atoms with Crippen LogP contribution < -0.4 is 5.73 Å². The molecule has 0 heterocycles. The summed E-state index contributed by atoms with van der Waals surface area (Å²) in [4.78, 5) is 0. The van der Waals surface area contributed by atoms with Gasteiger partial charge in [0.15, 0.2) is 0 Å². The van der Waals surface area contributed by atoms with Crippen molar-refractivity contribution in [1.29, 1.82) is 0 Å². The monoisotopic (exact) mass is 225 g/mol. The smallest absolute Gasteiger partial charge is 0.0612 e. The van der Waals surface area contributed by atoms with E-state index in [0.717, 1.165) is 30.6 Å². The Kier molecular flexibility index (Phi) is 3.91. The fourth-order valence-electron chi connectivity index (χ4n) is 3.24. The Bertz CT molecular complexity index is 223. The second-order valence-corrected chi connectivity index (χ2v) is 6.35. The predicted molar refractivity (Wildman–Crippen MR) is 67.2 cm³/mol. The number of hydrogen-bond donors (Lipinski definition) is 1. The number of rotatable bonds is 3. The predicted octanol–water partition coefficient (Wildman–Crippen LogP) is 2.95. The van der Waals surface area contributed by atoms with Gasteiger partial charge in [-0.1, -0.05) is 27.2 Å². The molecule has 0 aliphatic heterocycles. The molecule has 0 spiro atoms.